The number of hydrogen-bond donors (Lipinski definition) is 1. The second kappa shape index (κ2) is 4.14. The fourth-order valence-electron chi connectivity index (χ4n) is 0.987. The lowest BCUT2D eigenvalue weighted by Crippen LogP contribution is -1.94. The summed E-state index contributed by atoms with van der Waals surface area (Å²) in [7, 11) is 0. The number of hydrogen-bond acceptors (Lipinski definition) is 4. The Hall–Kier alpha value is -0.170. The second-order valence-electron chi connectivity index (χ2n) is 2.55. The molecule has 2 rings (SSSR count). The zero-order valence-electron chi connectivity index (χ0n) is 6.96. The van der Waals surface area contributed by atoms with Crippen molar-refractivity contribution in [2.75, 3.05) is 0 Å². The molecule has 0 saturated carbocycles. The number of halogens is 2. The van der Waals surface area contributed by atoms with Crippen molar-refractivity contribution in [3.63, 3.8) is 0 Å². The third-order valence-corrected chi connectivity index (χ3v) is 4.89. The zero-order chi connectivity index (χ0) is 10.1. The van der Waals surface area contributed by atoms with Crippen LogP contribution in [0.5, 0.6) is 0 Å². The Labute approximate surface area is 102 Å². The van der Waals surface area contributed by atoms with Gasteiger partial charge >= 0.3 is 0 Å². The molecule has 0 aliphatic rings. The Morgan fingerprint density at radius 3 is 2.79 bits per heavy atom. The average molecular weight is 338 g/mol. The first-order valence-corrected chi connectivity index (χ1v) is 6.21. The lowest BCUT2D eigenvalue weighted by molar-refractivity contribution is 0.510. The summed E-state index contributed by atoms with van der Waals surface area (Å²) < 4.78 is 7.48. The molecule has 0 amide bonds. The van der Waals surface area contributed by atoms with E-state index in [1.165, 1.54) is 0 Å². The Morgan fingerprint density at radius 2 is 2.29 bits per heavy atom. The van der Waals surface area contributed by atoms with Crippen LogP contribution in [0.2, 0.25) is 0 Å². The summed E-state index contributed by atoms with van der Waals surface area (Å²) >= 11 is 8.42. The van der Waals surface area contributed by atoms with Gasteiger partial charge in [0.05, 0.1) is 21.4 Å². The van der Waals surface area contributed by atoms with Gasteiger partial charge in [-0.25, -0.2) is 4.98 Å². The van der Waals surface area contributed by atoms with Gasteiger partial charge in [-0.1, -0.05) is 0 Å². The van der Waals surface area contributed by atoms with E-state index in [0.29, 0.717) is 12.4 Å². The van der Waals surface area contributed by atoms with Crippen molar-refractivity contribution < 1.29 is 4.42 Å². The van der Waals surface area contributed by atoms with Crippen LogP contribution in [0.1, 0.15) is 5.89 Å². The highest BCUT2D eigenvalue weighted by Gasteiger charge is 2.10. The lowest BCUT2D eigenvalue weighted by Gasteiger charge is -1.87. The molecule has 0 bridgehead atoms. The average Bonchev–Trinajstić information content (AvgIpc) is 2.74. The van der Waals surface area contributed by atoms with E-state index < -0.39 is 0 Å². The summed E-state index contributed by atoms with van der Waals surface area (Å²) in [5, 5.41) is 0. The molecule has 0 atom stereocenters. The molecule has 3 nitrogen and oxygen atoms in total. The Kier molecular flexibility index (Phi) is 3.06. The molecule has 0 fully saturated rings. The first kappa shape index (κ1) is 10.4. The van der Waals surface area contributed by atoms with Crippen LogP contribution in [0.15, 0.2) is 24.9 Å². The van der Waals surface area contributed by atoms with Crippen LogP contribution in [-0.4, -0.2) is 4.98 Å². The fraction of sp³-hybridized carbons (Fsp3) is 0.125. The van der Waals surface area contributed by atoms with E-state index in [2.05, 4.69) is 36.8 Å². The van der Waals surface area contributed by atoms with Crippen molar-refractivity contribution in [2.24, 2.45) is 5.73 Å². The first-order valence-electron chi connectivity index (χ1n) is 3.80. The summed E-state index contributed by atoms with van der Waals surface area (Å²) in [4.78, 5) is 5.06. The molecule has 0 radical (unpaired) electrons. The van der Waals surface area contributed by atoms with Gasteiger partial charge in [-0.3, -0.25) is 0 Å². The molecule has 2 aromatic rings. The van der Waals surface area contributed by atoms with E-state index in [4.69, 9.17) is 10.2 Å². The summed E-state index contributed by atoms with van der Waals surface area (Å²) in [6.07, 6.45) is 1.69. The molecule has 2 aromatic heterocycles. The smallest absolute Gasteiger partial charge is 0.208 e. The van der Waals surface area contributed by atoms with Crippen LogP contribution >= 0.6 is 43.2 Å². The van der Waals surface area contributed by atoms with Gasteiger partial charge in [0.2, 0.25) is 5.89 Å². The SMILES string of the molecule is NCc1ncc(-c2cc(Br)c(Br)s2)o1. The Balaban J connectivity index is 2.39. The predicted octanol–water partition coefficient (Wildman–Crippen LogP) is 3.39. The number of thiophene rings is 1. The molecule has 0 aliphatic carbocycles. The molecule has 0 aliphatic heterocycles. The molecule has 0 saturated heterocycles. The lowest BCUT2D eigenvalue weighted by atomic mass is 10.4. The predicted molar refractivity (Wildman–Crippen MR) is 63.1 cm³/mol. The van der Waals surface area contributed by atoms with Crippen molar-refractivity contribution in [1.82, 2.24) is 4.98 Å². The third kappa shape index (κ3) is 1.93. The van der Waals surface area contributed by atoms with E-state index in [1.54, 1.807) is 17.5 Å². The van der Waals surface area contributed by atoms with E-state index in [0.717, 1.165) is 18.9 Å². The molecule has 6 heteroatoms. The number of aromatic nitrogens is 1. The normalized spacial score (nSPS) is 10.8. The highest BCUT2D eigenvalue weighted by Crippen LogP contribution is 2.38. The minimum atomic E-state index is 0.327. The highest BCUT2D eigenvalue weighted by molar-refractivity contribution is 9.13. The molecular weight excluding hydrogens is 332 g/mol. The molecular formula is C8H6Br2N2OS. The molecule has 14 heavy (non-hydrogen) atoms. The fourth-order valence-corrected chi connectivity index (χ4v) is 2.97. The van der Waals surface area contributed by atoms with Gasteiger partial charge in [0.25, 0.3) is 0 Å². The third-order valence-electron chi connectivity index (χ3n) is 1.62. The topological polar surface area (TPSA) is 52.0 Å². The maximum absolute atomic E-state index is 5.42. The molecule has 2 N–H and O–H groups in total. The van der Waals surface area contributed by atoms with Gasteiger partial charge in [-0.05, 0) is 37.9 Å². The number of nitrogens with two attached hydrogens (primary N) is 1. The van der Waals surface area contributed by atoms with E-state index in [-0.39, 0.29) is 0 Å². The van der Waals surface area contributed by atoms with Gasteiger partial charge in [0.15, 0.2) is 5.76 Å². The first-order chi connectivity index (χ1) is 6.70. The van der Waals surface area contributed by atoms with Gasteiger partial charge < -0.3 is 10.2 Å². The van der Waals surface area contributed by atoms with Gasteiger partial charge in [0.1, 0.15) is 0 Å². The van der Waals surface area contributed by atoms with Crippen LogP contribution in [0.25, 0.3) is 10.6 Å². The van der Waals surface area contributed by atoms with Crippen molar-refractivity contribution >= 4 is 43.2 Å². The maximum Gasteiger partial charge on any atom is 0.208 e. The zero-order valence-corrected chi connectivity index (χ0v) is 10.9. The quantitative estimate of drug-likeness (QED) is 0.913. The molecule has 0 spiro atoms. The van der Waals surface area contributed by atoms with Gasteiger partial charge in [-0.15, -0.1) is 11.3 Å². The highest BCUT2D eigenvalue weighted by atomic mass is 79.9. The van der Waals surface area contributed by atoms with Crippen LogP contribution < -0.4 is 5.73 Å². The number of rotatable bonds is 2. The molecule has 2 heterocycles. The van der Waals surface area contributed by atoms with Crippen LogP contribution in [0.3, 0.4) is 0 Å². The van der Waals surface area contributed by atoms with Gasteiger partial charge in [0, 0.05) is 4.47 Å². The summed E-state index contributed by atoms with van der Waals surface area (Å²) in [6.45, 7) is 0.327. The van der Waals surface area contributed by atoms with Gasteiger partial charge in [-0.2, -0.15) is 0 Å². The summed E-state index contributed by atoms with van der Waals surface area (Å²) in [5.74, 6) is 1.31. The minimum Gasteiger partial charge on any atom is -0.438 e. The summed E-state index contributed by atoms with van der Waals surface area (Å²) in [5.41, 5.74) is 5.40. The van der Waals surface area contributed by atoms with Crippen molar-refractivity contribution in [1.29, 1.82) is 0 Å². The van der Waals surface area contributed by atoms with Crippen molar-refractivity contribution in [3.8, 4) is 10.6 Å². The number of oxazole rings is 1. The summed E-state index contributed by atoms with van der Waals surface area (Å²) in [6, 6.07) is 1.98. The number of nitrogens with zero attached hydrogens (tertiary/aromatic N) is 1. The Bertz CT molecular complexity index is 432. The molecule has 74 valence electrons. The minimum absolute atomic E-state index is 0.327. The monoisotopic (exact) mass is 336 g/mol. The van der Waals surface area contributed by atoms with Crippen LogP contribution in [0, 0.1) is 0 Å². The van der Waals surface area contributed by atoms with Crippen molar-refractivity contribution in [3.05, 3.63) is 26.4 Å². The second-order valence-corrected chi connectivity index (χ2v) is 5.78. The maximum atomic E-state index is 5.42. The van der Waals surface area contributed by atoms with Crippen LogP contribution in [0.4, 0.5) is 0 Å². The van der Waals surface area contributed by atoms with E-state index in [1.807, 2.05) is 6.07 Å². The van der Waals surface area contributed by atoms with Crippen molar-refractivity contribution in [2.45, 2.75) is 6.54 Å². The Morgan fingerprint density at radius 1 is 1.50 bits per heavy atom. The molecule has 0 unspecified atom stereocenters. The van der Waals surface area contributed by atoms with E-state index in [9.17, 15) is 0 Å². The molecule has 0 aromatic carbocycles. The van der Waals surface area contributed by atoms with E-state index >= 15 is 0 Å². The van der Waals surface area contributed by atoms with Crippen LogP contribution in [-0.2, 0) is 6.54 Å². The largest absolute Gasteiger partial charge is 0.438 e. The standard InChI is InChI=1S/C8H6Br2N2OS/c9-4-1-6(14-8(4)10)5-3-12-7(2-11)13-5/h1,3H,2,11H2.